The van der Waals surface area contributed by atoms with E-state index in [1.807, 2.05) is 0 Å². The van der Waals surface area contributed by atoms with Gasteiger partial charge in [-0.1, -0.05) is 12.1 Å². The summed E-state index contributed by atoms with van der Waals surface area (Å²) in [7, 11) is 1.68. The number of likely N-dealkylation sites (N-methyl/N-ethyl adjacent to an activating group) is 1. The van der Waals surface area contributed by atoms with Gasteiger partial charge in [-0.05, 0) is 25.1 Å². The molecule has 112 valence electrons. The molecule has 1 amide bonds. The van der Waals surface area contributed by atoms with Gasteiger partial charge in [0.1, 0.15) is 5.75 Å². The van der Waals surface area contributed by atoms with Crippen molar-refractivity contribution >= 4 is 18.3 Å². The molecule has 0 spiro atoms. The number of carbonyl (C=O) groups is 1. The molecule has 4 nitrogen and oxygen atoms in total. The number of alkyl halides is 2. The molecule has 0 radical (unpaired) electrons. The monoisotopic (exact) mass is 306 g/mol. The number of para-hydroxylation sites is 1. The summed E-state index contributed by atoms with van der Waals surface area (Å²) in [6.07, 6.45) is 0.861. The van der Waals surface area contributed by atoms with Gasteiger partial charge in [0, 0.05) is 19.6 Å². The third kappa shape index (κ3) is 3.80. The van der Waals surface area contributed by atoms with Crippen LogP contribution in [0.25, 0.3) is 0 Å². The Morgan fingerprint density at radius 2 is 2.15 bits per heavy atom. The Labute approximate surface area is 122 Å². The highest BCUT2D eigenvalue weighted by Crippen LogP contribution is 2.23. The molecule has 1 fully saturated rings. The smallest absolute Gasteiger partial charge is 0.387 e. The second kappa shape index (κ2) is 7.40. The third-order valence-corrected chi connectivity index (χ3v) is 3.24. The molecule has 1 aliphatic heterocycles. The molecule has 1 aliphatic rings. The lowest BCUT2D eigenvalue weighted by atomic mass is 10.1. The number of carbonyl (C=O) groups excluding carboxylic acids is 1. The Bertz CT molecular complexity index is 454. The van der Waals surface area contributed by atoms with Gasteiger partial charge in [0.25, 0.3) is 5.91 Å². The number of halogens is 3. The zero-order valence-electron chi connectivity index (χ0n) is 11.0. The second-order valence-electron chi connectivity index (χ2n) is 4.44. The lowest BCUT2D eigenvalue weighted by molar-refractivity contribution is -0.0502. The van der Waals surface area contributed by atoms with Crippen LogP contribution in [0.2, 0.25) is 0 Å². The molecule has 1 N–H and O–H groups in total. The first kappa shape index (κ1) is 16.7. The van der Waals surface area contributed by atoms with Crippen LogP contribution in [0.5, 0.6) is 5.75 Å². The summed E-state index contributed by atoms with van der Waals surface area (Å²) in [6, 6.07) is 6.16. The first-order chi connectivity index (χ1) is 9.09. The zero-order chi connectivity index (χ0) is 13.8. The number of rotatable bonds is 4. The fourth-order valence-corrected chi connectivity index (χ4v) is 2.17. The maximum Gasteiger partial charge on any atom is 0.387 e. The second-order valence-corrected chi connectivity index (χ2v) is 4.44. The van der Waals surface area contributed by atoms with E-state index in [4.69, 9.17) is 0 Å². The van der Waals surface area contributed by atoms with Crippen molar-refractivity contribution in [3.63, 3.8) is 0 Å². The Balaban J connectivity index is 0.00000200. The van der Waals surface area contributed by atoms with E-state index in [0.29, 0.717) is 0 Å². The van der Waals surface area contributed by atoms with Gasteiger partial charge in [0.15, 0.2) is 0 Å². The molecule has 7 heteroatoms. The predicted molar refractivity (Wildman–Crippen MR) is 73.7 cm³/mol. The average molecular weight is 307 g/mol. The largest absolute Gasteiger partial charge is 0.434 e. The molecular weight excluding hydrogens is 290 g/mol. The average Bonchev–Trinajstić information content (AvgIpc) is 2.91. The topological polar surface area (TPSA) is 41.6 Å². The molecule has 1 aromatic rings. The number of nitrogens with one attached hydrogen (secondary N) is 1. The van der Waals surface area contributed by atoms with E-state index in [9.17, 15) is 13.6 Å². The van der Waals surface area contributed by atoms with Crippen LogP contribution in [0.1, 0.15) is 16.8 Å². The normalized spacial score (nSPS) is 17.7. The van der Waals surface area contributed by atoms with Gasteiger partial charge in [-0.3, -0.25) is 4.79 Å². The summed E-state index contributed by atoms with van der Waals surface area (Å²) in [5.74, 6) is -0.384. The number of benzene rings is 1. The highest BCUT2D eigenvalue weighted by atomic mass is 35.5. The molecule has 0 bridgehead atoms. The van der Waals surface area contributed by atoms with Gasteiger partial charge < -0.3 is 15.0 Å². The first-order valence-corrected chi connectivity index (χ1v) is 6.11. The number of ether oxygens (including phenoxy) is 1. The van der Waals surface area contributed by atoms with E-state index < -0.39 is 6.61 Å². The van der Waals surface area contributed by atoms with Gasteiger partial charge in [-0.25, -0.2) is 0 Å². The van der Waals surface area contributed by atoms with Crippen molar-refractivity contribution in [3.8, 4) is 5.75 Å². The van der Waals surface area contributed by atoms with Gasteiger partial charge in [-0.2, -0.15) is 8.78 Å². The van der Waals surface area contributed by atoms with E-state index in [0.717, 1.165) is 19.5 Å². The summed E-state index contributed by atoms with van der Waals surface area (Å²) in [6.45, 7) is -1.36. The highest BCUT2D eigenvalue weighted by Gasteiger charge is 2.26. The lowest BCUT2D eigenvalue weighted by Crippen LogP contribution is -2.38. The van der Waals surface area contributed by atoms with E-state index in [-0.39, 0.29) is 35.7 Å². The molecular formula is C13H17ClF2N2O2. The van der Waals surface area contributed by atoms with E-state index >= 15 is 0 Å². The van der Waals surface area contributed by atoms with Crippen LogP contribution in [-0.4, -0.2) is 43.6 Å². The fraction of sp³-hybridized carbons (Fsp3) is 0.462. The lowest BCUT2D eigenvalue weighted by Gasteiger charge is -2.24. The third-order valence-electron chi connectivity index (χ3n) is 3.24. The predicted octanol–water partition coefficient (Wildman–Crippen LogP) is 2.14. The van der Waals surface area contributed by atoms with Crippen LogP contribution in [-0.2, 0) is 0 Å². The SMILES string of the molecule is CN(C(=O)c1ccccc1OC(F)F)[C@@H]1CCNC1.Cl. The summed E-state index contributed by atoms with van der Waals surface area (Å²) >= 11 is 0. The van der Waals surface area contributed by atoms with Gasteiger partial charge in [0.05, 0.1) is 5.56 Å². The molecule has 1 heterocycles. The maximum absolute atomic E-state index is 12.3. The minimum Gasteiger partial charge on any atom is -0.434 e. The number of hydrogen-bond donors (Lipinski definition) is 1. The molecule has 0 saturated carbocycles. The van der Waals surface area contributed by atoms with Gasteiger partial charge in [0.2, 0.25) is 0 Å². The van der Waals surface area contributed by atoms with E-state index in [1.165, 1.54) is 12.1 Å². The standard InChI is InChI=1S/C13H16F2N2O2.ClH/c1-17(9-6-7-16-8-9)12(18)10-4-2-3-5-11(10)19-13(14)15;/h2-5,9,13,16H,6-8H2,1H3;1H/t9-;/m1./s1. The maximum atomic E-state index is 12.3. The molecule has 1 atom stereocenters. The van der Waals surface area contributed by atoms with Crippen LogP contribution in [0, 0.1) is 0 Å². The van der Waals surface area contributed by atoms with Crippen molar-refractivity contribution in [1.29, 1.82) is 0 Å². The van der Waals surface area contributed by atoms with Crippen molar-refractivity contribution in [2.75, 3.05) is 20.1 Å². The Morgan fingerprint density at radius 1 is 1.45 bits per heavy atom. The fourth-order valence-electron chi connectivity index (χ4n) is 2.17. The van der Waals surface area contributed by atoms with Crippen LogP contribution in [0.15, 0.2) is 24.3 Å². The Kier molecular flexibility index (Phi) is 6.16. The molecule has 20 heavy (non-hydrogen) atoms. The molecule has 2 rings (SSSR count). The Morgan fingerprint density at radius 3 is 2.75 bits per heavy atom. The summed E-state index contributed by atoms with van der Waals surface area (Å²) < 4.78 is 29.0. The van der Waals surface area contributed by atoms with Crippen molar-refractivity contribution in [2.45, 2.75) is 19.1 Å². The van der Waals surface area contributed by atoms with Gasteiger partial charge >= 0.3 is 6.61 Å². The minimum atomic E-state index is -2.94. The first-order valence-electron chi connectivity index (χ1n) is 6.11. The van der Waals surface area contributed by atoms with E-state index in [1.54, 1.807) is 24.1 Å². The summed E-state index contributed by atoms with van der Waals surface area (Å²) in [5, 5.41) is 3.16. The Hall–Kier alpha value is -1.40. The summed E-state index contributed by atoms with van der Waals surface area (Å²) in [5.41, 5.74) is 0.164. The number of nitrogens with zero attached hydrogens (tertiary/aromatic N) is 1. The van der Waals surface area contributed by atoms with Crippen molar-refractivity contribution in [2.24, 2.45) is 0 Å². The van der Waals surface area contributed by atoms with Gasteiger partial charge in [-0.15, -0.1) is 12.4 Å². The molecule has 1 saturated heterocycles. The quantitative estimate of drug-likeness (QED) is 0.927. The van der Waals surface area contributed by atoms with Crippen LogP contribution in [0.4, 0.5) is 8.78 Å². The molecule has 0 aromatic heterocycles. The summed E-state index contributed by atoms with van der Waals surface area (Å²) in [4.78, 5) is 13.9. The van der Waals surface area contributed by atoms with Crippen molar-refractivity contribution in [1.82, 2.24) is 10.2 Å². The molecule has 0 unspecified atom stereocenters. The van der Waals surface area contributed by atoms with Crippen molar-refractivity contribution < 1.29 is 18.3 Å². The van der Waals surface area contributed by atoms with Crippen LogP contribution < -0.4 is 10.1 Å². The number of amides is 1. The zero-order valence-corrected chi connectivity index (χ0v) is 11.8. The van der Waals surface area contributed by atoms with E-state index in [2.05, 4.69) is 10.1 Å². The molecule has 0 aliphatic carbocycles. The molecule has 1 aromatic carbocycles. The number of hydrogen-bond acceptors (Lipinski definition) is 3. The van der Waals surface area contributed by atoms with Crippen LogP contribution in [0.3, 0.4) is 0 Å². The van der Waals surface area contributed by atoms with Crippen molar-refractivity contribution in [3.05, 3.63) is 29.8 Å². The highest BCUT2D eigenvalue weighted by molar-refractivity contribution is 5.97. The van der Waals surface area contributed by atoms with Crippen LogP contribution >= 0.6 is 12.4 Å². The minimum absolute atomic E-state index is 0.